The average Bonchev–Trinajstić information content (AvgIpc) is 2.40. The predicted molar refractivity (Wildman–Crippen MR) is 72.0 cm³/mol. The molecule has 6 nitrogen and oxygen atoms in total. The molecule has 0 saturated carbocycles. The van der Waals surface area contributed by atoms with Crippen LogP contribution in [0.3, 0.4) is 0 Å². The third-order valence-corrected chi connectivity index (χ3v) is 2.71. The summed E-state index contributed by atoms with van der Waals surface area (Å²) in [5.41, 5.74) is 6.86. The fourth-order valence-electron chi connectivity index (χ4n) is 1.69. The van der Waals surface area contributed by atoms with Crippen LogP contribution in [0.2, 0.25) is 0 Å². The number of hydrogen-bond donors (Lipinski definition) is 2. The number of carboxylic acid groups (broad SMARTS) is 1. The van der Waals surface area contributed by atoms with Crippen LogP contribution < -0.4 is 10.6 Å². The largest absolute Gasteiger partial charge is 0.478 e. The molecule has 0 aliphatic rings. The lowest BCUT2D eigenvalue weighted by Crippen LogP contribution is -2.18. The molecule has 0 aliphatic carbocycles. The van der Waals surface area contributed by atoms with E-state index in [1.54, 1.807) is 12.4 Å². The summed E-state index contributed by atoms with van der Waals surface area (Å²) in [5, 5.41) is 9.03. The van der Waals surface area contributed by atoms with Gasteiger partial charge >= 0.3 is 5.97 Å². The fraction of sp³-hybridized carbons (Fsp3) is 0.154. The molecule has 0 aliphatic heterocycles. The molecule has 98 valence electrons. The van der Waals surface area contributed by atoms with Crippen LogP contribution in [0.25, 0.3) is 0 Å². The highest BCUT2D eigenvalue weighted by Gasteiger charge is 2.12. The van der Waals surface area contributed by atoms with E-state index < -0.39 is 5.97 Å². The lowest BCUT2D eigenvalue weighted by molar-refractivity contribution is 0.0698. The Morgan fingerprint density at radius 2 is 2.11 bits per heavy atom. The number of pyridine rings is 2. The Morgan fingerprint density at radius 1 is 1.42 bits per heavy atom. The average molecular weight is 258 g/mol. The second-order valence-electron chi connectivity index (χ2n) is 4.15. The Hall–Kier alpha value is -2.63. The molecule has 0 amide bonds. The smallest absolute Gasteiger partial charge is 0.337 e. The first-order valence-electron chi connectivity index (χ1n) is 5.67. The molecule has 3 N–H and O–H groups in total. The number of nitrogens with two attached hydrogens (primary N) is 1. The summed E-state index contributed by atoms with van der Waals surface area (Å²) in [7, 11) is 1.84. The van der Waals surface area contributed by atoms with E-state index in [9.17, 15) is 4.79 Å². The highest BCUT2D eigenvalue weighted by atomic mass is 16.4. The molecule has 2 heterocycles. The Balaban J connectivity index is 2.22. The van der Waals surface area contributed by atoms with Crippen molar-refractivity contribution >= 4 is 17.5 Å². The summed E-state index contributed by atoms with van der Waals surface area (Å²) in [6.45, 7) is 0.610. The van der Waals surface area contributed by atoms with E-state index in [2.05, 4.69) is 9.97 Å². The number of hydrogen-bond acceptors (Lipinski definition) is 5. The first-order valence-corrected chi connectivity index (χ1v) is 5.67. The SMILES string of the molecule is CN(Cc1ccncc1)c1cc(C(=O)O)c(N)cn1. The summed E-state index contributed by atoms with van der Waals surface area (Å²) < 4.78 is 0. The summed E-state index contributed by atoms with van der Waals surface area (Å²) in [4.78, 5) is 21.0. The zero-order valence-electron chi connectivity index (χ0n) is 10.4. The third-order valence-electron chi connectivity index (χ3n) is 2.71. The van der Waals surface area contributed by atoms with Crippen molar-refractivity contribution in [3.63, 3.8) is 0 Å². The molecular weight excluding hydrogens is 244 g/mol. The van der Waals surface area contributed by atoms with Crippen LogP contribution in [0.5, 0.6) is 0 Å². The minimum Gasteiger partial charge on any atom is -0.478 e. The Kier molecular flexibility index (Phi) is 3.61. The van der Waals surface area contributed by atoms with Gasteiger partial charge in [-0.25, -0.2) is 9.78 Å². The molecule has 2 rings (SSSR count). The number of aromatic carboxylic acids is 1. The molecule has 0 unspecified atom stereocenters. The van der Waals surface area contributed by atoms with Gasteiger partial charge in [-0.1, -0.05) is 0 Å². The second kappa shape index (κ2) is 5.34. The number of nitrogen functional groups attached to an aromatic ring is 1. The molecule has 0 atom stereocenters. The van der Waals surface area contributed by atoms with Gasteiger partial charge in [0, 0.05) is 26.0 Å². The van der Waals surface area contributed by atoms with E-state index in [1.807, 2.05) is 24.1 Å². The number of aromatic nitrogens is 2. The van der Waals surface area contributed by atoms with Crippen molar-refractivity contribution in [1.29, 1.82) is 0 Å². The first kappa shape index (κ1) is 12.8. The van der Waals surface area contributed by atoms with Crippen LogP contribution in [-0.4, -0.2) is 28.1 Å². The third kappa shape index (κ3) is 2.98. The van der Waals surface area contributed by atoms with E-state index in [0.29, 0.717) is 12.4 Å². The second-order valence-corrected chi connectivity index (χ2v) is 4.15. The summed E-state index contributed by atoms with van der Waals surface area (Å²) >= 11 is 0. The molecule has 19 heavy (non-hydrogen) atoms. The van der Waals surface area contributed by atoms with Gasteiger partial charge in [-0.2, -0.15) is 0 Å². The maximum absolute atomic E-state index is 11.0. The quantitative estimate of drug-likeness (QED) is 0.861. The minimum absolute atomic E-state index is 0.0616. The molecule has 0 fully saturated rings. The highest BCUT2D eigenvalue weighted by molar-refractivity contribution is 5.94. The Labute approximate surface area is 110 Å². The number of rotatable bonds is 4. The number of carbonyl (C=O) groups is 1. The topological polar surface area (TPSA) is 92.3 Å². The Bertz CT molecular complexity index is 586. The van der Waals surface area contributed by atoms with E-state index >= 15 is 0 Å². The van der Waals surface area contributed by atoms with E-state index in [1.165, 1.54) is 12.3 Å². The van der Waals surface area contributed by atoms with Crippen LogP contribution in [0.15, 0.2) is 36.8 Å². The van der Waals surface area contributed by atoms with Crippen molar-refractivity contribution in [2.45, 2.75) is 6.54 Å². The van der Waals surface area contributed by atoms with Gasteiger partial charge in [0.05, 0.1) is 17.4 Å². The van der Waals surface area contributed by atoms with Crippen LogP contribution in [0, 0.1) is 0 Å². The van der Waals surface area contributed by atoms with Crippen molar-refractivity contribution < 1.29 is 9.90 Å². The molecular formula is C13H14N4O2. The maximum atomic E-state index is 11.0. The van der Waals surface area contributed by atoms with Crippen molar-refractivity contribution in [2.24, 2.45) is 0 Å². The van der Waals surface area contributed by atoms with Gasteiger partial charge in [0.2, 0.25) is 0 Å². The molecule has 0 spiro atoms. The monoisotopic (exact) mass is 258 g/mol. The lowest BCUT2D eigenvalue weighted by atomic mass is 10.2. The molecule has 2 aromatic heterocycles. The highest BCUT2D eigenvalue weighted by Crippen LogP contribution is 2.18. The van der Waals surface area contributed by atoms with Crippen molar-refractivity contribution in [1.82, 2.24) is 9.97 Å². The van der Waals surface area contributed by atoms with E-state index in [4.69, 9.17) is 10.8 Å². The molecule has 2 aromatic rings. The molecule has 0 radical (unpaired) electrons. The minimum atomic E-state index is -1.06. The van der Waals surface area contributed by atoms with Crippen LogP contribution in [0.1, 0.15) is 15.9 Å². The summed E-state index contributed by atoms with van der Waals surface area (Å²) in [5.74, 6) is -0.498. The van der Waals surface area contributed by atoms with Crippen molar-refractivity contribution in [3.8, 4) is 0 Å². The van der Waals surface area contributed by atoms with Crippen LogP contribution in [0.4, 0.5) is 11.5 Å². The van der Waals surface area contributed by atoms with Gasteiger partial charge in [0.25, 0.3) is 0 Å². The van der Waals surface area contributed by atoms with E-state index in [0.717, 1.165) is 5.56 Å². The van der Waals surface area contributed by atoms with Crippen LogP contribution >= 0.6 is 0 Å². The van der Waals surface area contributed by atoms with Crippen LogP contribution in [-0.2, 0) is 6.54 Å². The predicted octanol–water partition coefficient (Wildman–Crippen LogP) is 1.39. The maximum Gasteiger partial charge on any atom is 0.337 e. The summed E-state index contributed by atoms with van der Waals surface area (Å²) in [6, 6.07) is 5.26. The summed E-state index contributed by atoms with van der Waals surface area (Å²) in [6.07, 6.45) is 4.78. The van der Waals surface area contributed by atoms with Gasteiger partial charge in [0.1, 0.15) is 5.82 Å². The number of anilines is 2. The van der Waals surface area contributed by atoms with Gasteiger partial charge < -0.3 is 15.7 Å². The van der Waals surface area contributed by atoms with Gasteiger partial charge in [-0.15, -0.1) is 0 Å². The van der Waals surface area contributed by atoms with Crippen molar-refractivity contribution in [3.05, 3.63) is 47.9 Å². The normalized spacial score (nSPS) is 10.2. The molecule has 6 heteroatoms. The fourth-order valence-corrected chi connectivity index (χ4v) is 1.69. The first-order chi connectivity index (χ1) is 9.08. The number of carboxylic acids is 1. The zero-order valence-corrected chi connectivity index (χ0v) is 10.4. The van der Waals surface area contributed by atoms with Gasteiger partial charge in [-0.3, -0.25) is 4.98 Å². The standard InChI is InChI=1S/C13H14N4O2/c1-17(8-9-2-4-15-5-3-9)12-6-10(13(18)19)11(14)7-16-12/h2-7H,8,14H2,1H3,(H,18,19). The van der Waals surface area contributed by atoms with Gasteiger partial charge in [0.15, 0.2) is 0 Å². The number of nitrogens with zero attached hydrogens (tertiary/aromatic N) is 3. The Morgan fingerprint density at radius 3 is 2.74 bits per heavy atom. The molecule has 0 aromatic carbocycles. The van der Waals surface area contributed by atoms with Crippen molar-refractivity contribution in [2.75, 3.05) is 17.7 Å². The lowest BCUT2D eigenvalue weighted by Gasteiger charge is -2.18. The molecule has 0 bridgehead atoms. The van der Waals surface area contributed by atoms with Gasteiger partial charge in [-0.05, 0) is 23.8 Å². The zero-order chi connectivity index (χ0) is 13.8. The molecule has 0 saturated heterocycles. The van der Waals surface area contributed by atoms with E-state index in [-0.39, 0.29) is 11.3 Å².